The molecule has 1 atom stereocenters. The fourth-order valence-corrected chi connectivity index (χ4v) is 4.60. The fourth-order valence-electron chi connectivity index (χ4n) is 4.30. The molecule has 192 valence electrons. The first-order valence-electron chi connectivity index (χ1n) is 11.8. The minimum Gasteiger partial charge on any atom is -0.507 e. The molecule has 1 amide bonds. The Morgan fingerprint density at radius 3 is 2.38 bits per heavy atom. The first-order valence-corrected chi connectivity index (χ1v) is 12.6. The number of carbonyl (C=O) groups is 2. The minimum atomic E-state index is -0.802. The molecule has 3 aromatic rings. The highest BCUT2D eigenvalue weighted by atomic mass is 35.5. The number of amides is 1. The van der Waals surface area contributed by atoms with Crippen LogP contribution in [0.5, 0.6) is 5.75 Å². The summed E-state index contributed by atoms with van der Waals surface area (Å²) in [5.74, 6) is -0.999. The number of benzene rings is 3. The Balaban J connectivity index is 1.72. The van der Waals surface area contributed by atoms with Crippen molar-refractivity contribution >= 4 is 40.7 Å². The summed E-state index contributed by atoms with van der Waals surface area (Å²) in [5, 5.41) is 12.0. The summed E-state index contributed by atoms with van der Waals surface area (Å²) >= 11 is 12.4. The van der Waals surface area contributed by atoms with Gasteiger partial charge in [0, 0.05) is 18.7 Å². The number of aliphatic hydroxyl groups is 1. The maximum absolute atomic E-state index is 13.2. The van der Waals surface area contributed by atoms with Crippen LogP contribution in [-0.2, 0) is 16.2 Å². The van der Waals surface area contributed by atoms with Crippen LogP contribution < -0.4 is 4.74 Å². The summed E-state index contributed by atoms with van der Waals surface area (Å²) in [6, 6.07) is 19.1. The Bertz CT molecular complexity index is 1360. The van der Waals surface area contributed by atoms with Crippen LogP contribution in [0.25, 0.3) is 5.76 Å². The van der Waals surface area contributed by atoms with Crippen LogP contribution in [0.1, 0.15) is 28.3 Å². The molecule has 1 heterocycles. The predicted molar refractivity (Wildman–Crippen MR) is 146 cm³/mol. The highest BCUT2D eigenvalue weighted by Gasteiger charge is 2.46. The van der Waals surface area contributed by atoms with E-state index in [9.17, 15) is 14.7 Å². The zero-order chi connectivity index (χ0) is 26.7. The van der Waals surface area contributed by atoms with Gasteiger partial charge in [0.25, 0.3) is 11.7 Å². The molecule has 0 bridgehead atoms. The lowest BCUT2D eigenvalue weighted by Gasteiger charge is -2.26. The number of nitrogens with zero attached hydrogens (tertiary/aromatic N) is 2. The molecule has 0 radical (unpaired) electrons. The predicted octanol–water partition coefficient (Wildman–Crippen LogP) is 5.86. The number of hydrogen-bond donors (Lipinski definition) is 1. The number of halogens is 2. The summed E-state index contributed by atoms with van der Waals surface area (Å²) < 4.78 is 5.95. The van der Waals surface area contributed by atoms with Crippen molar-refractivity contribution < 1.29 is 19.4 Å². The van der Waals surface area contributed by atoms with Gasteiger partial charge in [-0.1, -0.05) is 59.6 Å². The summed E-state index contributed by atoms with van der Waals surface area (Å²) in [6.07, 6.45) is 0. The van der Waals surface area contributed by atoms with Crippen LogP contribution >= 0.6 is 23.2 Å². The van der Waals surface area contributed by atoms with Crippen LogP contribution in [0.3, 0.4) is 0 Å². The van der Waals surface area contributed by atoms with E-state index in [2.05, 4.69) is 0 Å². The zero-order valence-corrected chi connectivity index (χ0v) is 22.4. The monoisotopic (exact) mass is 538 g/mol. The van der Waals surface area contributed by atoms with Crippen molar-refractivity contribution in [3.8, 4) is 5.75 Å². The van der Waals surface area contributed by atoms with Crippen LogP contribution in [0.2, 0.25) is 10.0 Å². The molecule has 0 spiro atoms. The van der Waals surface area contributed by atoms with Gasteiger partial charge in [0.15, 0.2) is 0 Å². The smallest absolute Gasteiger partial charge is 0.295 e. The van der Waals surface area contributed by atoms with Crippen molar-refractivity contribution in [2.75, 3.05) is 27.2 Å². The number of likely N-dealkylation sites (tertiary alicyclic amines) is 1. The number of hydrogen-bond acceptors (Lipinski definition) is 5. The second-order valence-corrected chi connectivity index (χ2v) is 10.0. The Morgan fingerprint density at radius 2 is 1.73 bits per heavy atom. The fraction of sp³-hybridized carbons (Fsp3) is 0.241. The van der Waals surface area contributed by atoms with Gasteiger partial charge in [-0.05, 0) is 68.0 Å². The first-order chi connectivity index (χ1) is 17.7. The van der Waals surface area contributed by atoms with Crippen LogP contribution in [-0.4, -0.2) is 53.8 Å². The van der Waals surface area contributed by atoms with Gasteiger partial charge < -0.3 is 19.6 Å². The highest BCUT2D eigenvalue weighted by Crippen LogP contribution is 2.41. The van der Waals surface area contributed by atoms with Gasteiger partial charge in [-0.2, -0.15) is 0 Å². The number of Topliss-reactive ketones (excluding diaryl/α,β-unsaturated/α-hetero) is 1. The van der Waals surface area contributed by atoms with Crippen LogP contribution in [0.4, 0.5) is 0 Å². The van der Waals surface area contributed by atoms with Crippen molar-refractivity contribution in [1.29, 1.82) is 0 Å². The largest absolute Gasteiger partial charge is 0.507 e. The molecule has 37 heavy (non-hydrogen) atoms. The van der Waals surface area contributed by atoms with Crippen molar-refractivity contribution in [1.82, 2.24) is 9.80 Å². The number of ketones is 1. The highest BCUT2D eigenvalue weighted by molar-refractivity contribution is 6.46. The zero-order valence-electron chi connectivity index (χ0n) is 20.9. The molecular formula is C29H28Cl2N2O4. The molecule has 1 fully saturated rings. The summed E-state index contributed by atoms with van der Waals surface area (Å²) in [6.45, 7) is 3.10. The van der Waals surface area contributed by atoms with Crippen molar-refractivity contribution in [3.63, 3.8) is 0 Å². The quantitative estimate of drug-likeness (QED) is 0.221. The van der Waals surface area contributed by atoms with Crippen molar-refractivity contribution in [3.05, 3.63) is 105 Å². The van der Waals surface area contributed by atoms with E-state index in [1.165, 1.54) is 4.90 Å². The van der Waals surface area contributed by atoms with Gasteiger partial charge in [-0.25, -0.2) is 0 Å². The van der Waals surface area contributed by atoms with Crippen molar-refractivity contribution in [2.45, 2.75) is 19.6 Å². The maximum atomic E-state index is 13.2. The Labute approximate surface area is 226 Å². The third kappa shape index (κ3) is 5.82. The van der Waals surface area contributed by atoms with Crippen LogP contribution in [0.15, 0.2) is 72.3 Å². The lowest BCUT2D eigenvalue weighted by Crippen LogP contribution is -2.35. The summed E-state index contributed by atoms with van der Waals surface area (Å²) in [7, 11) is 3.77. The lowest BCUT2D eigenvalue weighted by molar-refractivity contribution is -0.140. The van der Waals surface area contributed by atoms with Gasteiger partial charge in [-0.15, -0.1) is 0 Å². The van der Waals surface area contributed by atoms with E-state index in [4.69, 9.17) is 27.9 Å². The number of aryl methyl sites for hydroxylation is 1. The van der Waals surface area contributed by atoms with E-state index < -0.39 is 17.7 Å². The molecular weight excluding hydrogens is 511 g/mol. The molecule has 1 N–H and O–H groups in total. The van der Waals surface area contributed by atoms with E-state index in [0.717, 1.165) is 11.1 Å². The molecule has 0 saturated carbocycles. The van der Waals surface area contributed by atoms with E-state index in [0.29, 0.717) is 46.6 Å². The average Bonchev–Trinajstić information content (AvgIpc) is 3.13. The molecule has 0 aliphatic carbocycles. The SMILES string of the molecule is Cc1cc(/C(O)=C2\C(=O)C(=O)N(CCN(C)C)C2c2ccc(Cl)c(Cl)c2)ccc1OCc1ccccc1. The number of ether oxygens (including phenoxy) is 1. The molecule has 1 saturated heterocycles. The second kappa shape index (κ2) is 11.4. The number of carbonyl (C=O) groups excluding carboxylic acids is 2. The molecule has 1 unspecified atom stereocenters. The third-order valence-electron chi connectivity index (χ3n) is 6.27. The number of likely N-dealkylation sites (N-methyl/N-ethyl adjacent to an activating group) is 1. The molecule has 6 nitrogen and oxygen atoms in total. The molecule has 1 aliphatic heterocycles. The normalized spacial score (nSPS) is 17.0. The number of aliphatic hydroxyl groups excluding tert-OH is 1. The molecule has 4 rings (SSSR count). The first kappa shape index (κ1) is 26.7. The maximum Gasteiger partial charge on any atom is 0.295 e. The van der Waals surface area contributed by atoms with E-state index in [-0.39, 0.29) is 11.3 Å². The Kier molecular flexibility index (Phi) is 8.22. The Hall–Kier alpha value is -3.32. The Morgan fingerprint density at radius 1 is 1.00 bits per heavy atom. The molecule has 0 aromatic heterocycles. The van der Waals surface area contributed by atoms with Gasteiger partial charge in [0.05, 0.1) is 21.7 Å². The average molecular weight is 539 g/mol. The van der Waals surface area contributed by atoms with Gasteiger partial charge in [0.2, 0.25) is 0 Å². The van der Waals surface area contributed by atoms with E-state index in [1.807, 2.05) is 56.3 Å². The van der Waals surface area contributed by atoms with Gasteiger partial charge >= 0.3 is 0 Å². The molecule has 3 aromatic carbocycles. The standard InChI is InChI=1S/C29H28Cl2N2O4/c1-18-15-21(10-12-24(18)37-17-19-7-5-4-6-8-19)27(34)25-26(20-9-11-22(30)23(31)16-20)33(14-13-32(2)3)29(36)28(25)35/h4-12,15-16,26,34H,13-14,17H2,1-3H3/b27-25+. The third-order valence-corrected chi connectivity index (χ3v) is 7.01. The second-order valence-electron chi connectivity index (χ2n) is 9.22. The van der Waals surface area contributed by atoms with E-state index in [1.54, 1.807) is 36.4 Å². The molecule has 8 heteroatoms. The van der Waals surface area contributed by atoms with E-state index >= 15 is 0 Å². The summed E-state index contributed by atoms with van der Waals surface area (Å²) in [5.41, 5.74) is 2.84. The topological polar surface area (TPSA) is 70.1 Å². The van der Waals surface area contributed by atoms with Crippen LogP contribution in [0, 0.1) is 6.92 Å². The van der Waals surface area contributed by atoms with Gasteiger partial charge in [-0.3, -0.25) is 9.59 Å². The van der Waals surface area contributed by atoms with Gasteiger partial charge in [0.1, 0.15) is 18.1 Å². The van der Waals surface area contributed by atoms with Crippen molar-refractivity contribution in [2.24, 2.45) is 0 Å². The lowest BCUT2D eigenvalue weighted by atomic mass is 9.94. The minimum absolute atomic E-state index is 0.0134. The summed E-state index contributed by atoms with van der Waals surface area (Å²) in [4.78, 5) is 29.7. The molecule has 1 aliphatic rings. The number of rotatable bonds is 8.